The molecule has 0 bridgehead atoms. The molecule has 0 unspecified atom stereocenters. The van der Waals surface area contributed by atoms with Gasteiger partial charge < -0.3 is 9.31 Å². The average Bonchev–Trinajstić information content (AvgIpc) is 3.08. The predicted octanol–water partition coefficient (Wildman–Crippen LogP) is 7.35. The molecule has 1 fully saturated rings. The molecule has 1 aliphatic heterocycles. The number of halogens is 2. The smallest absolute Gasteiger partial charge is 0.399 e. The minimum absolute atomic E-state index is 0.00553. The minimum Gasteiger partial charge on any atom is -0.399 e. The summed E-state index contributed by atoms with van der Waals surface area (Å²) in [7, 11) is -0.306. The largest absolute Gasteiger partial charge is 0.494 e. The van der Waals surface area contributed by atoms with Crippen molar-refractivity contribution in [1.82, 2.24) is 0 Å². The first-order chi connectivity index (χ1) is 14.9. The van der Waals surface area contributed by atoms with Crippen LogP contribution in [0.2, 0.25) is 0 Å². The number of rotatable bonds is 1. The van der Waals surface area contributed by atoms with E-state index in [2.05, 4.69) is 135 Å². The predicted molar refractivity (Wildman–Crippen MR) is 147 cm³/mol. The third-order valence-electron chi connectivity index (χ3n) is 6.92. The number of fused-ring (bicyclic) bond motifs is 3. The molecule has 3 aromatic carbocycles. The lowest BCUT2D eigenvalue weighted by molar-refractivity contribution is 0.00578. The van der Waals surface area contributed by atoms with Crippen molar-refractivity contribution < 1.29 is 9.31 Å². The van der Waals surface area contributed by atoms with Crippen LogP contribution >= 0.6 is 38.5 Å². The van der Waals surface area contributed by atoms with Gasteiger partial charge in [-0.2, -0.15) is 0 Å². The highest BCUT2D eigenvalue weighted by Crippen LogP contribution is 2.48. The molecule has 1 heterocycles. The van der Waals surface area contributed by atoms with Crippen molar-refractivity contribution in [2.75, 3.05) is 0 Å². The first-order valence-electron chi connectivity index (χ1n) is 10.9. The molecular formula is C27H29BBrIO2. The van der Waals surface area contributed by atoms with Crippen molar-refractivity contribution >= 4 is 51.1 Å². The second-order valence-corrected chi connectivity index (χ2v) is 12.2. The Hall–Kier alpha value is -1.15. The fourth-order valence-electron chi connectivity index (χ4n) is 4.31. The molecule has 0 amide bonds. The Morgan fingerprint density at radius 1 is 0.719 bits per heavy atom. The van der Waals surface area contributed by atoms with E-state index < -0.39 is 0 Å². The first kappa shape index (κ1) is 24.0. The van der Waals surface area contributed by atoms with Gasteiger partial charge in [0.1, 0.15) is 0 Å². The zero-order valence-corrected chi connectivity index (χ0v) is 23.2. The van der Waals surface area contributed by atoms with Crippen LogP contribution in [0.1, 0.15) is 52.7 Å². The third kappa shape index (κ3) is 4.34. The van der Waals surface area contributed by atoms with E-state index in [0.29, 0.717) is 0 Å². The summed E-state index contributed by atoms with van der Waals surface area (Å²) in [5, 5.41) is 0. The summed E-state index contributed by atoms with van der Waals surface area (Å²) in [5.74, 6) is 0. The zero-order chi connectivity index (χ0) is 23.3. The van der Waals surface area contributed by atoms with Gasteiger partial charge in [-0.1, -0.05) is 78.3 Å². The quantitative estimate of drug-likeness (QED) is 0.214. The molecule has 166 valence electrons. The van der Waals surface area contributed by atoms with E-state index in [9.17, 15) is 0 Å². The molecule has 0 atom stereocenters. The van der Waals surface area contributed by atoms with Gasteiger partial charge in [-0.05, 0) is 96.2 Å². The molecule has 0 aromatic heterocycles. The van der Waals surface area contributed by atoms with Crippen LogP contribution < -0.4 is 5.46 Å². The Morgan fingerprint density at radius 2 is 1.34 bits per heavy atom. The monoisotopic (exact) mass is 602 g/mol. The summed E-state index contributed by atoms with van der Waals surface area (Å²) in [6, 6.07) is 23.5. The van der Waals surface area contributed by atoms with Crippen molar-refractivity contribution in [3.63, 3.8) is 0 Å². The van der Waals surface area contributed by atoms with Crippen molar-refractivity contribution in [3.05, 3.63) is 85.9 Å². The molecule has 5 heteroatoms. The summed E-state index contributed by atoms with van der Waals surface area (Å²) in [5.41, 5.74) is 5.92. The number of hydrogen-bond acceptors (Lipinski definition) is 2. The van der Waals surface area contributed by atoms with Gasteiger partial charge in [0.2, 0.25) is 0 Å². The van der Waals surface area contributed by atoms with E-state index in [0.717, 1.165) is 9.94 Å². The van der Waals surface area contributed by atoms with Gasteiger partial charge in [0, 0.05) is 13.5 Å². The second kappa shape index (κ2) is 8.57. The van der Waals surface area contributed by atoms with Crippen LogP contribution in [0.25, 0.3) is 11.1 Å². The van der Waals surface area contributed by atoms with E-state index in [1.54, 1.807) is 0 Å². The summed E-state index contributed by atoms with van der Waals surface area (Å²) < 4.78 is 14.9. The molecule has 0 radical (unpaired) electrons. The topological polar surface area (TPSA) is 18.5 Å². The lowest BCUT2D eigenvalue weighted by atomic mass is 9.74. The Kier molecular flexibility index (Phi) is 6.43. The fraction of sp³-hybridized carbons (Fsp3) is 0.333. The summed E-state index contributed by atoms with van der Waals surface area (Å²) in [6.07, 6.45) is 0. The standard InChI is InChI=1S/C21H25BO2.C6H4BrI/c1-19(2)17-10-8-7-9-15(17)16-12-11-14(13-18(16)19)22-23-20(3,4)21(5,6)24-22;7-5-2-1-3-6(8)4-5/h7-13H,1-6H3;1-4H. The van der Waals surface area contributed by atoms with Crippen LogP contribution in [0.5, 0.6) is 0 Å². The highest BCUT2D eigenvalue weighted by atomic mass is 127. The van der Waals surface area contributed by atoms with E-state index in [1.807, 2.05) is 12.1 Å². The fourth-order valence-corrected chi connectivity index (χ4v) is 5.68. The molecule has 5 rings (SSSR count). The molecular weight excluding hydrogens is 574 g/mol. The van der Waals surface area contributed by atoms with E-state index >= 15 is 0 Å². The van der Waals surface area contributed by atoms with Crippen molar-refractivity contribution in [1.29, 1.82) is 0 Å². The maximum atomic E-state index is 6.23. The van der Waals surface area contributed by atoms with Crippen LogP contribution in [0.3, 0.4) is 0 Å². The SMILES string of the molecule is Brc1cccc(I)c1.CC1(C)c2ccccc2-c2ccc(B3OC(C)(C)C(C)(C)O3)cc21. The lowest BCUT2D eigenvalue weighted by Crippen LogP contribution is -2.41. The van der Waals surface area contributed by atoms with Gasteiger partial charge >= 0.3 is 7.12 Å². The van der Waals surface area contributed by atoms with Crippen molar-refractivity contribution in [2.45, 2.75) is 58.2 Å². The second-order valence-electron chi connectivity index (χ2n) is 10.0. The highest BCUT2D eigenvalue weighted by molar-refractivity contribution is 14.1. The Bertz CT molecular complexity index is 1120. The Labute approximate surface area is 214 Å². The third-order valence-corrected chi connectivity index (χ3v) is 8.08. The van der Waals surface area contributed by atoms with E-state index in [-0.39, 0.29) is 23.7 Å². The van der Waals surface area contributed by atoms with Crippen LogP contribution in [-0.2, 0) is 14.7 Å². The molecule has 0 spiro atoms. The van der Waals surface area contributed by atoms with Crippen molar-refractivity contribution in [2.24, 2.45) is 0 Å². The van der Waals surface area contributed by atoms with E-state index in [4.69, 9.17) is 9.31 Å². The Balaban J connectivity index is 0.000000260. The van der Waals surface area contributed by atoms with Crippen LogP contribution in [0.4, 0.5) is 0 Å². The van der Waals surface area contributed by atoms with Crippen LogP contribution in [0.15, 0.2) is 71.2 Å². The summed E-state index contributed by atoms with van der Waals surface area (Å²) in [4.78, 5) is 0. The minimum atomic E-state index is -0.310. The summed E-state index contributed by atoms with van der Waals surface area (Å²) in [6.45, 7) is 13.0. The van der Waals surface area contributed by atoms with Crippen LogP contribution in [-0.4, -0.2) is 18.3 Å². The molecule has 3 aromatic rings. The maximum absolute atomic E-state index is 6.23. The van der Waals surface area contributed by atoms with Gasteiger partial charge in [0.25, 0.3) is 0 Å². The molecule has 1 aliphatic carbocycles. The molecule has 1 saturated heterocycles. The molecule has 0 N–H and O–H groups in total. The molecule has 2 nitrogen and oxygen atoms in total. The van der Waals surface area contributed by atoms with Gasteiger partial charge in [0.15, 0.2) is 0 Å². The molecule has 0 saturated carbocycles. The van der Waals surface area contributed by atoms with Gasteiger partial charge in [0.05, 0.1) is 11.2 Å². The van der Waals surface area contributed by atoms with Crippen LogP contribution in [0, 0.1) is 3.57 Å². The highest BCUT2D eigenvalue weighted by Gasteiger charge is 2.52. The number of benzene rings is 3. The lowest BCUT2D eigenvalue weighted by Gasteiger charge is -2.32. The Morgan fingerprint density at radius 3 is 1.94 bits per heavy atom. The normalized spacial score (nSPS) is 19.1. The van der Waals surface area contributed by atoms with Gasteiger partial charge in [-0.3, -0.25) is 0 Å². The van der Waals surface area contributed by atoms with E-state index in [1.165, 1.54) is 25.8 Å². The van der Waals surface area contributed by atoms with Crippen molar-refractivity contribution in [3.8, 4) is 11.1 Å². The maximum Gasteiger partial charge on any atom is 0.494 e. The van der Waals surface area contributed by atoms with Gasteiger partial charge in [-0.25, -0.2) is 0 Å². The summed E-state index contributed by atoms with van der Waals surface area (Å²) >= 11 is 5.63. The average molecular weight is 603 g/mol. The molecule has 32 heavy (non-hydrogen) atoms. The number of hydrogen-bond donors (Lipinski definition) is 0. The van der Waals surface area contributed by atoms with Gasteiger partial charge in [-0.15, -0.1) is 0 Å². The first-order valence-corrected chi connectivity index (χ1v) is 12.8. The zero-order valence-electron chi connectivity index (χ0n) is 19.5. The molecule has 2 aliphatic rings.